The number of rotatable bonds is 3. The van der Waals surface area contributed by atoms with Crippen molar-refractivity contribution in [1.82, 2.24) is 4.90 Å². The van der Waals surface area contributed by atoms with Crippen LogP contribution in [0.15, 0.2) is 30.3 Å². The van der Waals surface area contributed by atoms with Crippen LogP contribution in [-0.4, -0.2) is 37.8 Å². The minimum absolute atomic E-state index is 0.0967. The Bertz CT molecular complexity index is 546. The van der Waals surface area contributed by atoms with Crippen molar-refractivity contribution in [2.75, 3.05) is 13.1 Å². The fourth-order valence-electron chi connectivity index (χ4n) is 1.93. The van der Waals surface area contributed by atoms with Crippen molar-refractivity contribution in [3.05, 3.63) is 35.9 Å². The molecule has 5 nitrogen and oxygen atoms in total. The largest absolute Gasteiger partial charge is 0.445 e. The molecule has 0 aromatic heterocycles. The van der Waals surface area contributed by atoms with Crippen LogP contribution in [-0.2, 0) is 20.4 Å². The standard InChI is InChI=1S/C12H14ClNO4S/c13-19(16,17)11-6-7-14(8-11)12(15)18-9-10-4-2-1-3-5-10/h1-5,11H,6-9H2/t11-/m1/s1. The Morgan fingerprint density at radius 2 is 2.05 bits per heavy atom. The maximum Gasteiger partial charge on any atom is 0.410 e. The summed E-state index contributed by atoms with van der Waals surface area (Å²) in [6.45, 7) is 0.623. The molecular formula is C12H14ClNO4S. The monoisotopic (exact) mass is 303 g/mol. The van der Waals surface area contributed by atoms with Crippen LogP contribution in [0.1, 0.15) is 12.0 Å². The maximum atomic E-state index is 11.8. The first-order valence-corrected chi connectivity index (χ1v) is 8.23. The molecule has 19 heavy (non-hydrogen) atoms. The van der Waals surface area contributed by atoms with Gasteiger partial charge in [0.1, 0.15) is 6.61 Å². The number of nitrogens with zero attached hydrogens (tertiary/aromatic N) is 1. The number of amides is 1. The summed E-state index contributed by atoms with van der Waals surface area (Å²) in [5.41, 5.74) is 0.886. The van der Waals surface area contributed by atoms with E-state index in [2.05, 4.69) is 0 Å². The average molecular weight is 304 g/mol. The van der Waals surface area contributed by atoms with E-state index < -0.39 is 20.4 Å². The molecule has 1 heterocycles. The lowest BCUT2D eigenvalue weighted by molar-refractivity contribution is 0.104. The number of benzene rings is 1. The van der Waals surface area contributed by atoms with Gasteiger partial charge in [-0.15, -0.1) is 0 Å². The van der Waals surface area contributed by atoms with Crippen molar-refractivity contribution in [1.29, 1.82) is 0 Å². The van der Waals surface area contributed by atoms with Gasteiger partial charge in [-0.05, 0) is 12.0 Å². The second kappa shape index (κ2) is 5.79. The van der Waals surface area contributed by atoms with E-state index in [0.717, 1.165) is 5.56 Å². The first kappa shape index (κ1) is 14.1. The summed E-state index contributed by atoms with van der Waals surface area (Å²) in [5.74, 6) is 0. The zero-order valence-corrected chi connectivity index (χ0v) is 11.7. The molecule has 1 aromatic carbocycles. The first-order valence-electron chi connectivity index (χ1n) is 5.86. The molecule has 0 saturated carbocycles. The van der Waals surface area contributed by atoms with E-state index in [-0.39, 0.29) is 13.2 Å². The Labute approximate surface area is 116 Å². The predicted octanol–water partition coefficient (Wildman–Crippen LogP) is 1.97. The fraction of sp³-hybridized carbons (Fsp3) is 0.417. The van der Waals surface area contributed by atoms with E-state index in [4.69, 9.17) is 15.4 Å². The summed E-state index contributed by atoms with van der Waals surface area (Å²) in [5, 5.41) is -0.696. The van der Waals surface area contributed by atoms with Gasteiger partial charge in [0, 0.05) is 23.8 Å². The third-order valence-corrected chi connectivity index (χ3v) is 4.94. The van der Waals surface area contributed by atoms with Crippen LogP contribution in [0, 0.1) is 0 Å². The first-order chi connectivity index (χ1) is 8.97. The second-order valence-corrected chi connectivity index (χ2v) is 7.28. The zero-order valence-electron chi connectivity index (χ0n) is 10.2. The Kier molecular flexibility index (Phi) is 4.31. The Balaban J connectivity index is 1.85. The highest BCUT2D eigenvalue weighted by atomic mass is 35.7. The maximum absolute atomic E-state index is 11.8. The molecule has 104 valence electrons. The second-order valence-electron chi connectivity index (χ2n) is 4.37. The summed E-state index contributed by atoms with van der Waals surface area (Å²) in [7, 11) is 1.66. The van der Waals surface area contributed by atoms with Gasteiger partial charge in [0.25, 0.3) is 0 Å². The lowest BCUT2D eigenvalue weighted by atomic mass is 10.2. The minimum Gasteiger partial charge on any atom is -0.445 e. The van der Waals surface area contributed by atoms with Gasteiger partial charge in [-0.25, -0.2) is 13.2 Å². The molecule has 2 rings (SSSR count). The SMILES string of the molecule is O=C(OCc1ccccc1)N1CC[C@@H](S(=O)(=O)Cl)C1. The third kappa shape index (κ3) is 3.84. The van der Waals surface area contributed by atoms with E-state index in [1.54, 1.807) is 0 Å². The lowest BCUT2D eigenvalue weighted by Gasteiger charge is -2.15. The summed E-state index contributed by atoms with van der Waals surface area (Å²) in [6.07, 6.45) is -0.154. The van der Waals surface area contributed by atoms with Gasteiger partial charge in [-0.3, -0.25) is 0 Å². The van der Waals surface area contributed by atoms with Gasteiger partial charge in [0.05, 0.1) is 5.25 Å². The van der Waals surface area contributed by atoms with Crippen LogP contribution in [0.2, 0.25) is 0 Å². The number of hydrogen-bond acceptors (Lipinski definition) is 4. The molecule has 1 saturated heterocycles. The van der Waals surface area contributed by atoms with Crippen LogP contribution in [0.4, 0.5) is 4.79 Å². The molecule has 7 heteroatoms. The highest BCUT2D eigenvalue weighted by Crippen LogP contribution is 2.20. The predicted molar refractivity (Wildman–Crippen MR) is 71.4 cm³/mol. The van der Waals surface area contributed by atoms with Crippen molar-refractivity contribution < 1.29 is 17.9 Å². The quantitative estimate of drug-likeness (QED) is 0.801. The normalized spacial score (nSPS) is 19.4. The molecule has 1 aromatic rings. The molecule has 1 aliphatic rings. The van der Waals surface area contributed by atoms with E-state index in [9.17, 15) is 13.2 Å². The lowest BCUT2D eigenvalue weighted by Crippen LogP contribution is -2.31. The molecule has 1 amide bonds. The van der Waals surface area contributed by atoms with Crippen molar-refractivity contribution in [3.8, 4) is 0 Å². The van der Waals surface area contributed by atoms with Crippen molar-refractivity contribution >= 4 is 25.8 Å². The van der Waals surface area contributed by atoms with E-state index in [1.807, 2.05) is 30.3 Å². The van der Waals surface area contributed by atoms with Crippen LogP contribution in [0.3, 0.4) is 0 Å². The molecule has 0 unspecified atom stereocenters. The van der Waals surface area contributed by atoms with Crippen LogP contribution in [0.25, 0.3) is 0 Å². The van der Waals surface area contributed by atoms with Gasteiger partial charge >= 0.3 is 6.09 Å². The van der Waals surface area contributed by atoms with Crippen molar-refractivity contribution in [2.45, 2.75) is 18.3 Å². The third-order valence-electron chi connectivity index (χ3n) is 3.01. The average Bonchev–Trinajstić information content (AvgIpc) is 2.87. The van der Waals surface area contributed by atoms with Crippen LogP contribution < -0.4 is 0 Å². The smallest absolute Gasteiger partial charge is 0.410 e. The number of carbonyl (C=O) groups excluding carboxylic acids is 1. The minimum atomic E-state index is -3.61. The molecule has 0 spiro atoms. The van der Waals surface area contributed by atoms with Gasteiger partial charge in [0.15, 0.2) is 0 Å². The molecule has 0 bridgehead atoms. The molecule has 0 N–H and O–H groups in total. The highest BCUT2D eigenvalue weighted by Gasteiger charge is 2.34. The van der Waals surface area contributed by atoms with Crippen LogP contribution in [0.5, 0.6) is 0 Å². The number of ether oxygens (including phenoxy) is 1. The van der Waals surface area contributed by atoms with E-state index in [0.29, 0.717) is 13.0 Å². The van der Waals surface area contributed by atoms with E-state index in [1.165, 1.54) is 4.90 Å². The van der Waals surface area contributed by atoms with Gasteiger partial charge in [0.2, 0.25) is 9.05 Å². The summed E-state index contributed by atoms with van der Waals surface area (Å²) >= 11 is 0. The van der Waals surface area contributed by atoms with E-state index >= 15 is 0 Å². The molecular weight excluding hydrogens is 290 g/mol. The van der Waals surface area contributed by atoms with Gasteiger partial charge in [-0.2, -0.15) is 0 Å². The summed E-state index contributed by atoms with van der Waals surface area (Å²) in [4.78, 5) is 13.1. The topological polar surface area (TPSA) is 63.7 Å². The fourth-order valence-corrected chi connectivity index (χ4v) is 3.12. The summed E-state index contributed by atoms with van der Waals surface area (Å²) in [6, 6.07) is 9.29. The number of halogens is 1. The van der Waals surface area contributed by atoms with Crippen molar-refractivity contribution in [3.63, 3.8) is 0 Å². The number of likely N-dealkylation sites (tertiary alicyclic amines) is 1. The Hall–Kier alpha value is -1.27. The van der Waals surface area contributed by atoms with Crippen LogP contribution >= 0.6 is 10.7 Å². The summed E-state index contributed by atoms with van der Waals surface area (Å²) < 4.78 is 27.5. The molecule has 0 radical (unpaired) electrons. The zero-order chi connectivity index (χ0) is 13.9. The number of carbonyl (C=O) groups is 1. The molecule has 0 aliphatic carbocycles. The Morgan fingerprint density at radius 1 is 1.37 bits per heavy atom. The van der Waals surface area contributed by atoms with Gasteiger partial charge < -0.3 is 9.64 Å². The van der Waals surface area contributed by atoms with Gasteiger partial charge in [-0.1, -0.05) is 30.3 Å². The number of hydrogen-bond donors (Lipinski definition) is 0. The molecule has 1 aliphatic heterocycles. The Morgan fingerprint density at radius 3 is 2.63 bits per heavy atom. The highest BCUT2D eigenvalue weighted by molar-refractivity contribution is 8.14. The molecule has 1 atom stereocenters. The molecule has 1 fully saturated rings. The van der Waals surface area contributed by atoms with Crippen molar-refractivity contribution in [2.24, 2.45) is 0 Å².